The number of carbonyl (C=O) groups excluding carboxylic acids is 1. The maximum atomic E-state index is 11.7. The van der Waals surface area contributed by atoms with E-state index in [0.29, 0.717) is 16.3 Å². The molecule has 1 fully saturated rings. The van der Waals surface area contributed by atoms with Crippen molar-refractivity contribution < 1.29 is 68.8 Å². The molecular weight excluding hydrogens is 616 g/mol. The number of amides is 1. The van der Waals surface area contributed by atoms with Crippen LogP contribution in [0.1, 0.15) is 26.3 Å². The number of carbonyl (C=O) groups is 2. The minimum absolute atomic E-state index is 0. The molecule has 0 bridgehead atoms. The smallest absolute Gasteiger partial charge is 0.0312 e. The Hall–Kier alpha value is -1.32. The van der Waals surface area contributed by atoms with Gasteiger partial charge in [0, 0.05) is 6.42 Å². The van der Waals surface area contributed by atoms with Gasteiger partial charge in [0.15, 0.2) is 0 Å². The normalized spacial score (nSPS) is 15.9. The molecule has 0 saturated heterocycles. The third-order valence-electron chi connectivity index (χ3n) is 3.20. The molecule has 1 aromatic rings. The van der Waals surface area contributed by atoms with E-state index in [1.807, 2.05) is 32.1 Å². The third kappa shape index (κ3) is 24.2. The molecule has 1 aliphatic carbocycles. The van der Waals surface area contributed by atoms with E-state index in [1.54, 1.807) is 39.0 Å². The zero-order valence-corrected chi connectivity index (χ0v) is 22.3. The molecule has 1 amide bonds. The van der Waals surface area contributed by atoms with Crippen LogP contribution in [-0.2, 0) is 35.4 Å². The first kappa shape index (κ1) is 35.8. The van der Waals surface area contributed by atoms with Gasteiger partial charge >= 0.3 is 64.5 Å². The van der Waals surface area contributed by atoms with Gasteiger partial charge in [-0.3, -0.25) is 0 Å². The molecular formula is C20H25ClF6NO5PRu+. The van der Waals surface area contributed by atoms with Crippen molar-refractivity contribution in [3.8, 4) is 5.75 Å². The van der Waals surface area contributed by atoms with Crippen molar-refractivity contribution in [1.82, 2.24) is 5.32 Å². The first-order chi connectivity index (χ1) is 15.1. The molecule has 5 radical (unpaired) electrons. The Labute approximate surface area is 218 Å². The number of rotatable bonds is 5. The molecule has 1 saturated carbocycles. The number of aliphatic carboxylic acids is 1. The van der Waals surface area contributed by atoms with Crippen molar-refractivity contribution in [1.29, 1.82) is 0 Å². The van der Waals surface area contributed by atoms with Gasteiger partial charge in [-0.1, -0.05) is 17.7 Å². The molecule has 0 aromatic heterocycles. The van der Waals surface area contributed by atoms with Crippen LogP contribution in [0.25, 0.3) is 0 Å². The van der Waals surface area contributed by atoms with Crippen molar-refractivity contribution in [2.24, 2.45) is 0 Å². The molecule has 1 aromatic carbocycles. The molecule has 1 atom stereocenters. The van der Waals surface area contributed by atoms with Gasteiger partial charge in [-0.2, -0.15) is 0 Å². The Morgan fingerprint density at radius 2 is 1.46 bits per heavy atom. The Kier molecular flexibility index (Phi) is 13.6. The summed E-state index contributed by atoms with van der Waals surface area (Å²) in [6, 6.07) is 3.83. The van der Waals surface area contributed by atoms with Crippen LogP contribution in [0, 0.1) is 32.1 Å². The monoisotopic (exact) mass is 641 g/mol. The van der Waals surface area contributed by atoms with E-state index in [-0.39, 0.29) is 25.9 Å². The maximum absolute atomic E-state index is 11.7. The minimum atomic E-state index is -10.7. The zero-order valence-electron chi connectivity index (χ0n) is 18.9. The van der Waals surface area contributed by atoms with Crippen LogP contribution in [0.2, 0.25) is 5.02 Å². The Balaban J connectivity index is 0. The summed E-state index contributed by atoms with van der Waals surface area (Å²) in [7, 11) is -9.17. The Morgan fingerprint density at radius 3 is 1.77 bits per heavy atom. The number of ether oxygens (including phenoxy) is 2. The summed E-state index contributed by atoms with van der Waals surface area (Å²) in [5, 5.41) is 11.9. The molecule has 1 aliphatic rings. The van der Waals surface area contributed by atoms with Gasteiger partial charge in [0.05, 0.1) is 12.1 Å². The summed E-state index contributed by atoms with van der Waals surface area (Å²) in [6.45, 7) is 5.10. The van der Waals surface area contributed by atoms with Gasteiger partial charge in [-0.15, -0.1) is 0 Å². The van der Waals surface area contributed by atoms with Crippen LogP contribution < -0.4 is 10.1 Å². The number of hydrogen-bond acceptors (Lipinski definition) is 4. The van der Waals surface area contributed by atoms with Gasteiger partial charge in [0.1, 0.15) is 17.4 Å². The van der Waals surface area contributed by atoms with E-state index in [0.717, 1.165) is 0 Å². The summed E-state index contributed by atoms with van der Waals surface area (Å²) >= 11 is 6.00. The number of carboxylic acids is 1. The average molecular weight is 641 g/mol. The fourth-order valence-electron chi connectivity index (χ4n) is 2.04. The van der Waals surface area contributed by atoms with Crippen molar-refractivity contribution in [3.05, 3.63) is 60.9 Å². The Bertz CT molecular complexity index is 815. The number of carboxylic acid groups (broad SMARTS) is 1. The quantitative estimate of drug-likeness (QED) is 0.201. The molecule has 6 nitrogen and oxygen atoms in total. The van der Waals surface area contributed by atoms with Gasteiger partial charge in [0.2, 0.25) is 0 Å². The van der Waals surface area contributed by atoms with Gasteiger partial charge < -0.3 is 19.9 Å². The summed E-state index contributed by atoms with van der Waals surface area (Å²) in [5.74, 6) is -0.657. The summed E-state index contributed by atoms with van der Waals surface area (Å²) < 4.78 is 69.3. The van der Waals surface area contributed by atoms with Crippen LogP contribution in [0.3, 0.4) is 0 Å². The largest absolute Gasteiger partial charge is 2.00 e. The van der Waals surface area contributed by atoms with E-state index < -0.39 is 31.5 Å². The van der Waals surface area contributed by atoms with Crippen molar-refractivity contribution in [3.63, 3.8) is 0 Å². The maximum Gasteiger partial charge on any atom is 2.00 e. The van der Waals surface area contributed by atoms with E-state index in [4.69, 9.17) is 21.1 Å². The molecule has 0 heterocycles. The molecule has 201 valence electrons. The standard InChI is InChI=1S/C15H20ClNO5.C5H5.F6P.Ru/c1-15(2,3)22-14(20)17-11(13(18)19)8-9-5-6-12(21-4)10(16)7-9;1-2-4-5-3-1;1-7(2,3,4,5)6;/h5-7,11H,8H2,1-4H3,(H,17,20)(H,18,19);1-5H;;/q;;-1;+2/t11-;;;/m0.../s1. The SMILES string of the molecule is COc1ccc(C[C@H](NC(=O)OC(C)(C)C)C(=O)O)cc1Cl.F[P-](F)(F)(F)(F)F.[CH]1[CH][CH][CH][CH]1.[Ru+2]. The molecule has 0 spiro atoms. The van der Waals surface area contributed by atoms with Crippen LogP contribution in [0.4, 0.5) is 30.0 Å². The van der Waals surface area contributed by atoms with Crippen LogP contribution in [-0.4, -0.2) is 35.9 Å². The van der Waals surface area contributed by atoms with E-state index in [2.05, 4.69) is 5.32 Å². The van der Waals surface area contributed by atoms with Crippen LogP contribution in [0.15, 0.2) is 18.2 Å². The summed E-state index contributed by atoms with van der Waals surface area (Å²) in [6.07, 6.45) is 9.30. The first-order valence-electron chi connectivity index (χ1n) is 9.35. The molecule has 0 unspecified atom stereocenters. The minimum Gasteiger partial charge on any atom is -0.0312 e. The second kappa shape index (κ2) is 13.3. The fraction of sp³-hybridized carbons (Fsp3) is 0.350. The number of halogens is 7. The first-order valence-corrected chi connectivity index (χ1v) is 11.8. The van der Waals surface area contributed by atoms with E-state index in [1.165, 1.54) is 7.11 Å². The molecule has 2 rings (SSSR count). The van der Waals surface area contributed by atoms with E-state index in [9.17, 15) is 39.9 Å². The Morgan fingerprint density at radius 1 is 1.03 bits per heavy atom. The zero-order chi connectivity index (χ0) is 26.9. The van der Waals surface area contributed by atoms with E-state index >= 15 is 0 Å². The number of benzene rings is 1. The van der Waals surface area contributed by atoms with Crippen molar-refractivity contribution in [2.75, 3.05) is 7.11 Å². The van der Waals surface area contributed by atoms with Gasteiger partial charge in [-0.05, 0) is 70.6 Å². The molecule has 2 N–H and O–H groups in total. The third-order valence-corrected chi connectivity index (χ3v) is 3.50. The molecule has 35 heavy (non-hydrogen) atoms. The number of alkyl carbamates (subject to hydrolysis) is 1. The molecule has 15 heteroatoms. The average Bonchev–Trinajstić information content (AvgIpc) is 3.16. The second-order valence-electron chi connectivity index (χ2n) is 7.63. The van der Waals surface area contributed by atoms with Gasteiger partial charge in [-0.25, -0.2) is 9.59 Å². The second-order valence-corrected chi connectivity index (χ2v) is 9.95. The summed E-state index contributed by atoms with van der Waals surface area (Å²) in [5.41, 5.74) is -0.0365. The van der Waals surface area contributed by atoms with Crippen LogP contribution >= 0.6 is 19.4 Å². The molecule has 0 aliphatic heterocycles. The number of methoxy groups -OCH3 is 1. The van der Waals surface area contributed by atoms with Gasteiger partial charge in [0.25, 0.3) is 0 Å². The van der Waals surface area contributed by atoms with Crippen molar-refractivity contribution >= 4 is 31.5 Å². The topological polar surface area (TPSA) is 84.9 Å². The summed E-state index contributed by atoms with van der Waals surface area (Å²) in [4.78, 5) is 23.0. The predicted molar refractivity (Wildman–Crippen MR) is 118 cm³/mol. The number of hydrogen-bond donors (Lipinski definition) is 2. The predicted octanol–water partition coefficient (Wildman–Crippen LogP) is 7.27. The fourth-order valence-corrected chi connectivity index (χ4v) is 2.32. The number of nitrogens with one attached hydrogen (secondary N) is 1. The van der Waals surface area contributed by atoms with Crippen LogP contribution in [0.5, 0.6) is 5.75 Å². The van der Waals surface area contributed by atoms with Crippen molar-refractivity contribution in [2.45, 2.75) is 38.8 Å².